The number of benzene rings is 3. The van der Waals surface area contributed by atoms with E-state index in [9.17, 15) is 27.2 Å². The van der Waals surface area contributed by atoms with Gasteiger partial charge in [-0.2, -0.15) is 13.2 Å². The fraction of sp³-hybridized carbons (Fsp3) is 0.417. The molecular weight excluding hydrogens is 612 g/mol. The lowest BCUT2D eigenvalue weighted by Gasteiger charge is -2.42. The van der Waals surface area contributed by atoms with E-state index in [-0.39, 0.29) is 31.0 Å². The Bertz CT molecular complexity index is 1750. The van der Waals surface area contributed by atoms with Gasteiger partial charge in [-0.25, -0.2) is 9.37 Å². The number of para-hydroxylation sites is 1. The summed E-state index contributed by atoms with van der Waals surface area (Å²) in [5.41, 5.74) is -0.683. The summed E-state index contributed by atoms with van der Waals surface area (Å²) in [5, 5.41) is 0.404. The smallest absolute Gasteiger partial charge is 0.419 e. The Morgan fingerprint density at radius 3 is 2.30 bits per heavy atom. The van der Waals surface area contributed by atoms with Gasteiger partial charge in [0.1, 0.15) is 17.4 Å². The monoisotopic (exact) mass is 654 g/mol. The molecule has 1 atom stereocenters. The molecule has 1 saturated heterocycles. The van der Waals surface area contributed by atoms with Crippen LogP contribution in [0.5, 0.6) is 5.75 Å². The van der Waals surface area contributed by atoms with E-state index in [1.807, 2.05) is 6.92 Å². The first-order valence-electron chi connectivity index (χ1n) is 15.5. The third kappa shape index (κ3) is 7.67. The highest BCUT2D eigenvalue weighted by Gasteiger charge is 2.37. The zero-order valence-corrected chi connectivity index (χ0v) is 26.4. The number of carbonyl (C=O) groups excluding carboxylic acids is 1. The summed E-state index contributed by atoms with van der Waals surface area (Å²) in [6.07, 6.45) is -4.01. The zero-order valence-electron chi connectivity index (χ0n) is 26.4. The van der Waals surface area contributed by atoms with Crippen LogP contribution < -0.4 is 10.3 Å². The van der Waals surface area contributed by atoms with Crippen LogP contribution in [0.1, 0.15) is 71.0 Å². The number of hydrogen-bond donors (Lipinski definition) is 0. The van der Waals surface area contributed by atoms with Gasteiger partial charge in [-0.05, 0) is 94.6 Å². The minimum absolute atomic E-state index is 0. The van der Waals surface area contributed by atoms with Crippen molar-refractivity contribution in [3.05, 3.63) is 99.9 Å². The summed E-state index contributed by atoms with van der Waals surface area (Å²) in [4.78, 5) is 37.1. The lowest BCUT2D eigenvalue weighted by molar-refractivity contribution is -0.140. The third-order valence-corrected chi connectivity index (χ3v) is 8.60. The van der Waals surface area contributed by atoms with Crippen LogP contribution in [0.4, 0.5) is 17.6 Å². The number of amides is 1. The van der Waals surface area contributed by atoms with E-state index in [4.69, 9.17) is 9.72 Å². The quantitative estimate of drug-likeness (QED) is 0.174. The van der Waals surface area contributed by atoms with Crippen LogP contribution in [-0.2, 0) is 17.4 Å². The van der Waals surface area contributed by atoms with Gasteiger partial charge < -0.3 is 14.5 Å². The molecule has 1 aliphatic heterocycles. The van der Waals surface area contributed by atoms with Gasteiger partial charge in [0.2, 0.25) is 5.91 Å². The molecule has 252 valence electrons. The van der Waals surface area contributed by atoms with Crippen LogP contribution in [0.3, 0.4) is 0 Å². The highest BCUT2D eigenvalue weighted by atomic mass is 19.4. The molecule has 5 rings (SSSR count). The molecule has 0 bridgehead atoms. The average Bonchev–Trinajstić information content (AvgIpc) is 3.02. The first-order valence-corrected chi connectivity index (χ1v) is 15.5. The molecule has 2 heterocycles. The Morgan fingerprint density at radius 2 is 1.68 bits per heavy atom. The van der Waals surface area contributed by atoms with Crippen LogP contribution in [-0.4, -0.2) is 57.0 Å². The first kappa shape index (κ1) is 35.6. The molecule has 1 unspecified atom stereocenters. The molecule has 0 N–H and O–H groups in total. The Labute approximate surface area is 272 Å². The lowest BCUT2D eigenvalue weighted by Crippen LogP contribution is -2.50. The molecule has 1 aliphatic rings. The van der Waals surface area contributed by atoms with Crippen LogP contribution in [0, 0.1) is 5.82 Å². The van der Waals surface area contributed by atoms with Gasteiger partial charge in [0.05, 0.1) is 41.2 Å². The normalized spacial score (nSPS) is 15.0. The van der Waals surface area contributed by atoms with E-state index >= 15 is 0 Å². The zero-order chi connectivity index (χ0) is 33.2. The second-order valence-corrected chi connectivity index (χ2v) is 11.9. The second-order valence-electron chi connectivity index (χ2n) is 11.9. The number of hydrogen-bond acceptors (Lipinski definition) is 5. The Balaban J connectivity index is 0.00000500. The van der Waals surface area contributed by atoms with Gasteiger partial charge in [0.25, 0.3) is 5.56 Å². The molecule has 1 fully saturated rings. The molecule has 11 heteroatoms. The molecule has 1 aromatic heterocycles. The molecule has 47 heavy (non-hydrogen) atoms. The van der Waals surface area contributed by atoms with Crippen molar-refractivity contribution < 1.29 is 27.1 Å². The van der Waals surface area contributed by atoms with Crippen molar-refractivity contribution >= 4 is 16.8 Å². The van der Waals surface area contributed by atoms with E-state index < -0.39 is 29.5 Å². The number of halogens is 4. The lowest BCUT2D eigenvalue weighted by atomic mass is 9.98. The molecule has 7 nitrogen and oxygen atoms in total. The van der Waals surface area contributed by atoms with Crippen LogP contribution in [0.25, 0.3) is 16.6 Å². The third-order valence-electron chi connectivity index (χ3n) is 8.60. The fourth-order valence-corrected chi connectivity index (χ4v) is 6.24. The molecule has 0 aliphatic carbocycles. The summed E-state index contributed by atoms with van der Waals surface area (Å²) < 4.78 is 61.7. The minimum Gasteiger partial charge on any atom is -0.494 e. The molecule has 0 spiro atoms. The number of likely N-dealkylation sites (tertiary alicyclic amines) is 1. The molecule has 4 aromatic rings. The van der Waals surface area contributed by atoms with E-state index in [1.165, 1.54) is 10.6 Å². The summed E-state index contributed by atoms with van der Waals surface area (Å²) in [6, 6.07) is 15.9. The first-order chi connectivity index (χ1) is 21.9. The van der Waals surface area contributed by atoms with Crippen molar-refractivity contribution in [3.63, 3.8) is 0 Å². The molecular formula is C36H42F4N4O3. The highest BCUT2D eigenvalue weighted by Crippen LogP contribution is 2.33. The minimum atomic E-state index is -4.90. The fourth-order valence-electron chi connectivity index (χ4n) is 6.24. The van der Waals surface area contributed by atoms with Crippen LogP contribution in [0.2, 0.25) is 0 Å². The van der Waals surface area contributed by atoms with Crippen molar-refractivity contribution in [2.24, 2.45) is 0 Å². The van der Waals surface area contributed by atoms with Gasteiger partial charge in [0.15, 0.2) is 0 Å². The summed E-state index contributed by atoms with van der Waals surface area (Å²) in [5.74, 6) is -0.873. The standard InChI is InChI=1S/C35H38F4N4O3.CH4/c1-5-46-27-13-11-25(12-14-27)43-33(40-31-9-7-6-8-28(31)34(43)45)23(4)42(26-16-18-41(19-17-26)22(2)3)32(44)21-24-10-15-30(36)29(20-24)35(37,38)39;/h6-15,20,22-23,26H,5,16-19,21H2,1-4H3;1H4. The van der Waals surface area contributed by atoms with E-state index in [2.05, 4.69) is 18.7 Å². The molecule has 3 aromatic carbocycles. The molecule has 0 radical (unpaired) electrons. The topological polar surface area (TPSA) is 67.7 Å². The van der Waals surface area contributed by atoms with Gasteiger partial charge in [0, 0.05) is 25.2 Å². The number of nitrogens with zero attached hydrogens (tertiary/aromatic N) is 4. The number of ether oxygens (including phenoxy) is 1. The predicted molar refractivity (Wildman–Crippen MR) is 175 cm³/mol. The molecule has 0 saturated carbocycles. The van der Waals surface area contributed by atoms with E-state index in [1.54, 1.807) is 60.4 Å². The van der Waals surface area contributed by atoms with Gasteiger partial charge in [-0.1, -0.05) is 25.6 Å². The van der Waals surface area contributed by atoms with E-state index in [0.29, 0.717) is 59.7 Å². The number of alkyl halides is 3. The van der Waals surface area contributed by atoms with Gasteiger partial charge in [-0.15, -0.1) is 0 Å². The largest absolute Gasteiger partial charge is 0.494 e. The predicted octanol–water partition coefficient (Wildman–Crippen LogP) is 7.58. The van der Waals surface area contributed by atoms with Crippen molar-refractivity contribution in [1.82, 2.24) is 19.4 Å². The number of aromatic nitrogens is 2. The SMILES string of the molecule is C.CCOc1ccc(-n2c(C(C)N(C(=O)Cc3ccc(F)c(C(F)(F)F)c3)C3CCN(C(C)C)CC3)nc3ccccc3c2=O)cc1. The van der Waals surface area contributed by atoms with Gasteiger partial charge >= 0.3 is 6.18 Å². The average molecular weight is 655 g/mol. The number of rotatable bonds is 9. The Kier molecular flexibility index (Phi) is 11.1. The maximum Gasteiger partial charge on any atom is 0.419 e. The van der Waals surface area contributed by atoms with Crippen molar-refractivity contribution in [3.8, 4) is 11.4 Å². The van der Waals surface area contributed by atoms with Crippen LogP contribution >= 0.6 is 0 Å². The number of piperidine rings is 1. The van der Waals surface area contributed by atoms with Crippen LogP contribution in [0.15, 0.2) is 71.5 Å². The maximum absolute atomic E-state index is 14.2. The van der Waals surface area contributed by atoms with Gasteiger partial charge in [-0.3, -0.25) is 14.2 Å². The van der Waals surface area contributed by atoms with E-state index in [0.717, 1.165) is 19.2 Å². The van der Waals surface area contributed by atoms with Crippen molar-refractivity contribution in [2.75, 3.05) is 19.7 Å². The molecule has 1 amide bonds. The summed E-state index contributed by atoms with van der Waals surface area (Å²) in [6.45, 7) is 9.80. The highest BCUT2D eigenvalue weighted by molar-refractivity contribution is 5.80. The summed E-state index contributed by atoms with van der Waals surface area (Å²) >= 11 is 0. The maximum atomic E-state index is 14.2. The number of carbonyl (C=O) groups is 1. The second kappa shape index (κ2) is 14.7. The van der Waals surface area contributed by atoms with Crippen molar-refractivity contribution in [2.45, 2.75) is 78.7 Å². The van der Waals surface area contributed by atoms with Crippen molar-refractivity contribution in [1.29, 1.82) is 0 Å². The summed E-state index contributed by atoms with van der Waals surface area (Å²) in [7, 11) is 0. The Morgan fingerprint density at radius 1 is 1.02 bits per heavy atom. The number of fused-ring (bicyclic) bond motifs is 1. The Hall–Kier alpha value is -4.25.